The molecule has 1 aliphatic rings. The average molecular weight is 285 g/mol. The second kappa shape index (κ2) is 5.80. The van der Waals surface area contributed by atoms with Crippen molar-refractivity contribution in [3.63, 3.8) is 0 Å². The van der Waals surface area contributed by atoms with E-state index in [4.69, 9.17) is 0 Å². The van der Waals surface area contributed by atoms with Gasteiger partial charge in [0.05, 0.1) is 0 Å². The van der Waals surface area contributed by atoms with Crippen LogP contribution in [0.4, 0.5) is 8.78 Å². The van der Waals surface area contributed by atoms with E-state index in [1.165, 1.54) is 17.9 Å². The third-order valence-electron chi connectivity index (χ3n) is 3.99. The van der Waals surface area contributed by atoms with Gasteiger partial charge in [0.15, 0.2) is 0 Å². The molecule has 1 saturated heterocycles. The minimum absolute atomic E-state index is 0.182. The summed E-state index contributed by atoms with van der Waals surface area (Å²) in [4.78, 5) is 0. The first kappa shape index (κ1) is 14.8. The Balaban J connectivity index is 2.12. The minimum Gasteiger partial charge on any atom is -0.306 e. The van der Waals surface area contributed by atoms with Gasteiger partial charge in [0.1, 0.15) is 11.6 Å². The molecule has 19 heavy (non-hydrogen) atoms. The van der Waals surface area contributed by atoms with Gasteiger partial charge in [0, 0.05) is 23.4 Å². The Kier molecular flexibility index (Phi) is 4.51. The van der Waals surface area contributed by atoms with Gasteiger partial charge in [0.2, 0.25) is 0 Å². The fraction of sp³-hybridized carbons (Fsp3) is 0.600. The van der Waals surface area contributed by atoms with Crippen molar-refractivity contribution in [3.05, 3.63) is 35.4 Å². The summed E-state index contributed by atoms with van der Waals surface area (Å²) in [6.45, 7) is 6.37. The van der Waals surface area contributed by atoms with Crippen LogP contribution in [-0.4, -0.2) is 17.5 Å². The van der Waals surface area contributed by atoms with Crippen LogP contribution in [0.3, 0.4) is 0 Å². The van der Waals surface area contributed by atoms with Gasteiger partial charge in [-0.2, -0.15) is 11.8 Å². The predicted molar refractivity (Wildman–Crippen MR) is 77.4 cm³/mol. The maximum absolute atomic E-state index is 13.8. The van der Waals surface area contributed by atoms with E-state index in [-0.39, 0.29) is 23.1 Å². The van der Waals surface area contributed by atoms with Gasteiger partial charge < -0.3 is 5.32 Å². The first-order valence-corrected chi connectivity index (χ1v) is 7.84. The predicted octanol–water partition coefficient (Wildman–Crippen LogP) is 4.15. The van der Waals surface area contributed by atoms with Crippen LogP contribution in [-0.2, 0) is 0 Å². The zero-order valence-corrected chi connectivity index (χ0v) is 12.5. The summed E-state index contributed by atoms with van der Waals surface area (Å²) < 4.78 is 27.0. The van der Waals surface area contributed by atoms with Crippen LogP contribution in [0.2, 0.25) is 0 Å². The van der Waals surface area contributed by atoms with Crippen LogP contribution in [0.5, 0.6) is 0 Å². The third kappa shape index (κ3) is 3.48. The summed E-state index contributed by atoms with van der Waals surface area (Å²) in [6.07, 6.45) is 1.15. The third-order valence-corrected chi connectivity index (χ3v) is 5.06. The van der Waals surface area contributed by atoms with E-state index in [0.717, 1.165) is 18.2 Å². The SMILES string of the molecule is CC(NC1CSCCC1(C)C)c1cc(F)ccc1F. The Bertz CT molecular complexity index is 448. The highest BCUT2D eigenvalue weighted by atomic mass is 32.2. The molecule has 1 N–H and O–H groups in total. The molecule has 2 unspecified atom stereocenters. The highest BCUT2D eigenvalue weighted by molar-refractivity contribution is 7.99. The molecule has 0 aromatic heterocycles. The van der Waals surface area contributed by atoms with Crippen molar-refractivity contribution in [2.45, 2.75) is 39.3 Å². The summed E-state index contributed by atoms with van der Waals surface area (Å²) in [5.74, 6) is 1.47. The molecule has 1 fully saturated rings. The Hall–Kier alpha value is -0.610. The second-order valence-electron chi connectivity index (χ2n) is 5.92. The molecule has 0 aliphatic carbocycles. The first-order chi connectivity index (χ1) is 8.90. The maximum atomic E-state index is 13.8. The highest BCUT2D eigenvalue weighted by Crippen LogP contribution is 2.35. The first-order valence-electron chi connectivity index (χ1n) is 6.69. The molecule has 1 nitrogen and oxygen atoms in total. The van der Waals surface area contributed by atoms with Crippen molar-refractivity contribution in [2.75, 3.05) is 11.5 Å². The molecule has 1 aromatic rings. The number of hydrogen-bond acceptors (Lipinski definition) is 2. The average Bonchev–Trinajstić information content (AvgIpc) is 2.34. The summed E-state index contributed by atoms with van der Waals surface area (Å²) in [5.41, 5.74) is 0.606. The monoisotopic (exact) mass is 285 g/mol. The Morgan fingerprint density at radius 3 is 2.79 bits per heavy atom. The topological polar surface area (TPSA) is 12.0 Å². The number of benzene rings is 1. The fourth-order valence-corrected chi connectivity index (χ4v) is 4.07. The maximum Gasteiger partial charge on any atom is 0.128 e. The zero-order valence-electron chi connectivity index (χ0n) is 11.7. The van der Waals surface area contributed by atoms with Crippen LogP contribution in [0.15, 0.2) is 18.2 Å². The summed E-state index contributed by atoms with van der Waals surface area (Å²) >= 11 is 1.92. The van der Waals surface area contributed by atoms with Crippen LogP contribution < -0.4 is 5.32 Å². The molecule has 0 bridgehead atoms. The van der Waals surface area contributed by atoms with Gasteiger partial charge in [-0.25, -0.2) is 8.78 Å². The molecule has 2 rings (SSSR count). The van der Waals surface area contributed by atoms with Crippen molar-refractivity contribution in [3.8, 4) is 0 Å². The van der Waals surface area contributed by atoms with Crippen molar-refractivity contribution in [1.82, 2.24) is 5.32 Å². The molecule has 0 amide bonds. The van der Waals surface area contributed by atoms with Crippen LogP contribution >= 0.6 is 11.8 Å². The quantitative estimate of drug-likeness (QED) is 0.895. The van der Waals surface area contributed by atoms with E-state index >= 15 is 0 Å². The lowest BCUT2D eigenvalue weighted by Crippen LogP contribution is -2.47. The molecule has 106 valence electrons. The smallest absolute Gasteiger partial charge is 0.128 e. The zero-order chi connectivity index (χ0) is 14.0. The lowest BCUT2D eigenvalue weighted by atomic mass is 9.81. The standard InChI is InChI=1S/C15H21F2NS/c1-10(12-8-11(16)4-5-13(12)17)18-14-9-19-7-6-15(14,2)3/h4-5,8,10,14,18H,6-7,9H2,1-3H3. The Morgan fingerprint density at radius 2 is 2.11 bits per heavy atom. The molecule has 1 aliphatic heterocycles. The molecular formula is C15H21F2NS. The van der Waals surface area contributed by atoms with E-state index in [1.807, 2.05) is 18.7 Å². The number of halogens is 2. The molecular weight excluding hydrogens is 264 g/mol. The number of rotatable bonds is 3. The van der Waals surface area contributed by atoms with E-state index in [2.05, 4.69) is 19.2 Å². The van der Waals surface area contributed by atoms with Gasteiger partial charge in [-0.15, -0.1) is 0 Å². The lowest BCUT2D eigenvalue weighted by Gasteiger charge is -2.40. The van der Waals surface area contributed by atoms with Crippen LogP contribution in [0, 0.1) is 17.0 Å². The van der Waals surface area contributed by atoms with Crippen LogP contribution in [0.1, 0.15) is 38.8 Å². The molecule has 0 radical (unpaired) electrons. The molecule has 2 atom stereocenters. The summed E-state index contributed by atoms with van der Waals surface area (Å²) in [5, 5.41) is 3.47. The van der Waals surface area contributed by atoms with Crippen molar-refractivity contribution in [1.29, 1.82) is 0 Å². The Labute approximate surface area is 118 Å². The fourth-order valence-electron chi connectivity index (χ4n) is 2.45. The summed E-state index contributed by atoms with van der Waals surface area (Å²) in [6, 6.07) is 3.79. The molecule has 0 spiro atoms. The van der Waals surface area contributed by atoms with Crippen molar-refractivity contribution >= 4 is 11.8 Å². The summed E-state index contributed by atoms with van der Waals surface area (Å²) in [7, 11) is 0. The second-order valence-corrected chi connectivity index (χ2v) is 7.07. The van der Waals surface area contributed by atoms with Crippen molar-refractivity contribution in [2.24, 2.45) is 5.41 Å². The van der Waals surface area contributed by atoms with E-state index in [9.17, 15) is 8.78 Å². The molecule has 0 saturated carbocycles. The molecule has 4 heteroatoms. The van der Waals surface area contributed by atoms with Crippen LogP contribution in [0.25, 0.3) is 0 Å². The van der Waals surface area contributed by atoms with Gasteiger partial charge in [-0.3, -0.25) is 0 Å². The minimum atomic E-state index is -0.387. The number of nitrogens with one attached hydrogen (secondary N) is 1. The molecule has 1 aromatic carbocycles. The van der Waals surface area contributed by atoms with E-state index < -0.39 is 0 Å². The van der Waals surface area contributed by atoms with Crippen molar-refractivity contribution < 1.29 is 8.78 Å². The van der Waals surface area contributed by atoms with Gasteiger partial charge in [-0.1, -0.05) is 13.8 Å². The van der Waals surface area contributed by atoms with E-state index in [1.54, 1.807) is 0 Å². The van der Waals surface area contributed by atoms with Gasteiger partial charge in [-0.05, 0) is 42.7 Å². The molecule has 1 heterocycles. The normalized spacial score (nSPS) is 24.2. The van der Waals surface area contributed by atoms with E-state index in [0.29, 0.717) is 11.6 Å². The van der Waals surface area contributed by atoms with Gasteiger partial charge >= 0.3 is 0 Å². The largest absolute Gasteiger partial charge is 0.306 e. The lowest BCUT2D eigenvalue weighted by molar-refractivity contribution is 0.230. The highest BCUT2D eigenvalue weighted by Gasteiger charge is 2.33. The number of thioether (sulfide) groups is 1. The Morgan fingerprint density at radius 1 is 1.37 bits per heavy atom. The number of hydrogen-bond donors (Lipinski definition) is 1. The van der Waals surface area contributed by atoms with Gasteiger partial charge in [0.25, 0.3) is 0 Å².